The molecule has 130 valence electrons. The predicted molar refractivity (Wildman–Crippen MR) is 91.5 cm³/mol. The largest absolute Gasteiger partial charge is 0.391 e. The van der Waals surface area contributed by atoms with E-state index in [2.05, 4.69) is 0 Å². The number of hydrogen-bond acceptors (Lipinski definition) is 3. The van der Waals surface area contributed by atoms with Crippen molar-refractivity contribution in [3.05, 3.63) is 35.9 Å². The molecule has 2 atom stereocenters. The van der Waals surface area contributed by atoms with Gasteiger partial charge in [0.1, 0.15) is 6.04 Å². The van der Waals surface area contributed by atoms with Crippen molar-refractivity contribution < 1.29 is 14.7 Å². The number of benzene rings is 1. The van der Waals surface area contributed by atoms with Gasteiger partial charge in [-0.15, -0.1) is 0 Å². The van der Waals surface area contributed by atoms with E-state index in [0.29, 0.717) is 31.0 Å². The zero-order valence-corrected chi connectivity index (χ0v) is 14.2. The van der Waals surface area contributed by atoms with Gasteiger partial charge in [-0.1, -0.05) is 18.2 Å². The Labute approximate surface area is 143 Å². The summed E-state index contributed by atoms with van der Waals surface area (Å²) in [7, 11) is 1.73. The second kappa shape index (κ2) is 7.34. The highest BCUT2D eigenvalue weighted by Crippen LogP contribution is 2.33. The number of likely N-dealkylation sites (tertiary alicyclic amines) is 1. The number of hydrogen-bond donors (Lipinski definition) is 1. The van der Waals surface area contributed by atoms with Gasteiger partial charge in [-0.05, 0) is 50.2 Å². The van der Waals surface area contributed by atoms with Crippen LogP contribution in [0.2, 0.25) is 0 Å². The first kappa shape index (κ1) is 17.0. The average Bonchev–Trinajstić information content (AvgIpc) is 3.46. The topological polar surface area (TPSA) is 60.9 Å². The van der Waals surface area contributed by atoms with Crippen molar-refractivity contribution in [2.45, 2.75) is 44.2 Å². The van der Waals surface area contributed by atoms with E-state index in [1.54, 1.807) is 29.0 Å². The number of carbonyl (C=O) groups is 2. The molecular weight excluding hydrogens is 304 g/mol. The van der Waals surface area contributed by atoms with Gasteiger partial charge in [0.2, 0.25) is 5.91 Å². The summed E-state index contributed by atoms with van der Waals surface area (Å²) in [6.07, 6.45) is 4.23. The molecule has 1 aromatic rings. The number of likely N-dealkylation sites (N-methyl/N-ethyl adjacent to an activating group) is 1. The number of nitrogens with zero attached hydrogens (tertiary/aromatic N) is 2. The van der Waals surface area contributed by atoms with E-state index >= 15 is 0 Å². The smallest absolute Gasteiger partial charge is 0.254 e. The van der Waals surface area contributed by atoms with Gasteiger partial charge in [0.25, 0.3) is 5.91 Å². The van der Waals surface area contributed by atoms with Crippen LogP contribution in [0.5, 0.6) is 0 Å². The van der Waals surface area contributed by atoms with Crippen LogP contribution in [-0.2, 0) is 4.79 Å². The van der Waals surface area contributed by atoms with Crippen LogP contribution in [0.3, 0.4) is 0 Å². The molecule has 2 unspecified atom stereocenters. The first-order valence-electron chi connectivity index (χ1n) is 8.87. The van der Waals surface area contributed by atoms with Crippen molar-refractivity contribution in [1.82, 2.24) is 9.80 Å². The van der Waals surface area contributed by atoms with E-state index in [4.69, 9.17) is 0 Å². The molecule has 2 fully saturated rings. The molecule has 2 amide bonds. The van der Waals surface area contributed by atoms with E-state index in [-0.39, 0.29) is 11.8 Å². The number of carbonyl (C=O) groups excluding carboxylic acids is 2. The normalized spacial score (nSPS) is 22.1. The minimum absolute atomic E-state index is 0.0568. The van der Waals surface area contributed by atoms with Crippen LogP contribution in [0.4, 0.5) is 0 Å². The lowest BCUT2D eigenvalue weighted by molar-refractivity contribution is -0.137. The first-order valence-corrected chi connectivity index (χ1v) is 8.87. The summed E-state index contributed by atoms with van der Waals surface area (Å²) in [5.74, 6) is 0.206. The Morgan fingerprint density at radius 1 is 1.21 bits per heavy atom. The Morgan fingerprint density at radius 3 is 2.58 bits per heavy atom. The summed E-state index contributed by atoms with van der Waals surface area (Å²) in [6, 6.07) is 8.72. The third-order valence-electron chi connectivity index (χ3n) is 5.07. The zero-order valence-electron chi connectivity index (χ0n) is 14.2. The Bertz CT molecular complexity index is 586. The molecule has 1 saturated heterocycles. The Balaban J connectivity index is 1.69. The van der Waals surface area contributed by atoms with Crippen LogP contribution in [-0.4, -0.2) is 59.0 Å². The van der Waals surface area contributed by atoms with Crippen molar-refractivity contribution in [2.24, 2.45) is 5.92 Å². The molecule has 24 heavy (non-hydrogen) atoms. The van der Waals surface area contributed by atoms with Gasteiger partial charge in [-0.25, -0.2) is 0 Å². The maximum Gasteiger partial charge on any atom is 0.254 e. The monoisotopic (exact) mass is 330 g/mol. The van der Waals surface area contributed by atoms with Crippen LogP contribution in [0.25, 0.3) is 0 Å². The van der Waals surface area contributed by atoms with Gasteiger partial charge in [-0.3, -0.25) is 9.59 Å². The van der Waals surface area contributed by atoms with Gasteiger partial charge in [-0.2, -0.15) is 0 Å². The fourth-order valence-corrected chi connectivity index (χ4v) is 3.43. The molecule has 3 rings (SSSR count). The second-order valence-corrected chi connectivity index (χ2v) is 7.00. The van der Waals surface area contributed by atoms with E-state index < -0.39 is 12.1 Å². The summed E-state index contributed by atoms with van der Waals surface area (Å²) in [5, 5.41) is 10.1. The highest BCUT2D eigenvalue weighted by molar-refractivity contribution is 5.97. The summed E-state index contributed by atoms with van der Waals surface area (Å²) < 4.78 is 0. The lowest BCUT2D eigenvalue weighted by Gasteiger charge is -2.37. The number of aliphatic hydroxyl groups is 1. The Hall–Kier alpha value is -1.88. The van der Waals surface area contributed by atoms with E-state index in [0.717, 1.165) is 25.7 Å². The molecule has 0 spiro atoms. The molecule has 2 aliphatic rings. The molecule has 1 aliphatic carbocycles. The third-order valence-corrected chi connectivity index (χ3v) is 5.07. The molecule has 0 bridgehead atoms. The number of piperidine rings is 1. The van der Waals surface area contributed by atoms with Crippen molar-refractivity contribution in [1.29, 1.82) is 0 Å². The first-order chi connectivity index (χ1) is 11.6. The summed E-state index contributed by atoms with van der Waals surface area (Å²) in [6.45, 7) is 0.969. The second-order valence-electron chi connectivity index (χ2n) is 7.00. The predicted octanol–water partition coefficient (Wildman–Crippen LogP) is 1.91. The highest BCUT2D eigenvalue weighted by Gasteiger charge is 2.36. The fraction of sp³-hybridized carbons (Fsp3) is 0.579. The highest BCUT2D eigenvalue weighted by atomic mass is 16.3. The lowest BCUT2D eigenvalue weighted by atomic mass is 9.99. The third kappa shape index (κ3) is 3.78. The van der Waals surface area contributed by atoms with E-state index in [1.165, 1.54) is 0 Å². The minimum Gasteiger partial charge on any atom is -0.391 e. The summed E-state index contributed by atoms with van der Waals surface area (Å²) in [4.78, 5) is 28.9. The minimum atomic E-state index is -0.444. The molecule has 5 heteroatoms. The quantitative estimate of drug-likeness (QED) is 0.897. The summed E-state index contributed by atoms with van der Waals surface area (Å²) >= 11 is 0. The van der Waals surface area contributed by atoms with E-state index in [9.17, 15) is 14.7 Å². The molecule has 1 aromatic carbocycles. The zero-order chi connectivity index (χ0) is 17.1. The van der Waals surface area contributed by atoms with Crippen molar-refractivity contribution in [2.75, 3.05) is 20.1 Å². The molecule has 5 nitrogen and oxygen atoms in total. The maximum atomic E-state index is 12.8. The van der Waals surface area contributed by atoms with Crippen LogP contribution < -0.4 is 0 Å². The lowest BCUT2D eigenvalue weighted by Crippen LogP contribution is -2.53. The maximum absolute atomic E-state index is 12.8. The molecule has 1 heterocycles. The molecule has 1 aliphatic heterocycles. The van der Waals surface area contributed by atoms with Gasteiger partial charge < -0.3 is 14.9 Å². The van der Waals surface area contributed by atoms with Gasteiger partial charge in [0.15, 0.2) is 0 Å². The van der Waals surface area contributed by atoms with Crippen LogP contribution in [0.15, 0.2) is 30.3 Å². The SMILES string of the molecule is CN(CC(O)C1CC1)C(=O)C1CCCCN1C(=O)c1ccccc1. The van der Waals surface area contributed by atoms with Crippen molar-refractivity contribution in [3.8, 4) is 0 Å². The standard InChI is InChI=1S/C19H26N2O3/c1-20(13-17(22)14-10-11-14)19(24)16-9-5-6-12-21(16)18(23)15-7-3-2-4-8-15/h2-4,7-8,14,16-17,22H,5-6,9-13H2,1H3. The van der Waals surface area contributed by atoms with Crippen LogP contribution in [0.1, 0.15) is 42.5 Å². The van der Waals surface area contributed by atoms with Crippen molar-refractivity contribution in [3.63, 3.8) is 0 Å². The van der Waals surface area contributed by atoms with Crippen LogP contribution in [0, 0.1) is 5.92 Å². The number of rotatable bonds is 5. The fourth-order valence-electron chi connectivity index (χ4n) is 3.43. The van der Waals surface area contributed by atoms with Gasteiger partial charge in [0.05, 0.1) is 6.10 Å². The van der Waals surface area contributed by atoms with E-state index in [1.807, 2.05) is 18.2 Å². The van der Waals surface area contributed by atoms with Gasteiger partial charge >= 0.3 is 0 Å². The molecule has 0 aromatic heterocycles. The number of amides is 2. The van der Waals surface area contributed by atoms with Gasteiger partial charge in [0, 0.05) is 25.7 Å². The average molecular weight is 330 g/mol. The Morgan fingerprint density at radius 2 is 1.92 bits per heavy atom. The molecule has 0 radical (unpaired) electrons. The molecule has 1 saturated carbocycles. The van der Waals surface area contributed by atoms with Crippen LogP contribution >= 0.6 is 0 Å². The Kier molecular flexibility index (Phi) is 5.19. The van der Waals surface area contributed by atoms with Crippen molar-refractivity contribution >= 4 is 11.8 Å². The molecular formula is C19H26N2O3. The summed E-state index contributed by atoms with van der Waals surface area (Å²) in [5.41, 5.74) is 0.623. The molecule has 1 N–H and O–H groups in total. The number of aliphatic hydroxyl groups excluding tert-OH is 1.